The lowest BCUT2D eigenvalue weighted by Crippen LogP contribution is -2.43. The van der Waals surface area contributed by atoms with Crippen LogP contribution < -0.4 is 15.8 Å². The fourth-order valence-corrected chi connectivity index (χ4v) is 2.69. The van der Waals surface area contributed by atoms with Crippen LogP contribution in [-0.2, 0) is 5.41 Å². The van der Waals surface area contributed by atoms with E-state index in [2.05, 4.69) is 37.4 Å². The lowest BCUT2D eigenvalue weighted by atomic mass is 9.80. The third-order valence-electron chi connectivity index (χ3n) is 4.12. The number of benzene rings is 1. The Balaban J connectivity index is 1.86. The van der Waals surface area contributed by atoms with E-state index < -0.39 is 0 Å². The summed E-state index contributed by atoms with van der Waals surface area (Å²) in [4.78, 5) is 0. The fourth-order valence-electron chi connectivity index (χ4n) is 2.69. The molecule has 3 heteroatoms. The van der Waals surface area contributed by atoms with Gasteiger partial charge in [0.1, 0.15) is 5.75 Å². The predicted molar refractivity (Wildman–Crippen MR) is 79.6 cm³/mol. The summed E-state index contributed by atoms with van der Waals surface area (Å²) in [6, 6.07) is 8.78. The van der Waals surface area contributed by atoms with E-state index in [1.165, 1.54) is 18.4 Å². The summed E-state index contributed by atoms with van der Waals surface area (Å²) >= 11 is 0. The highest BCUT2D eigenvalue weighted by molar-refractivity contribution is 5.33. The quantitative estimate of drug-likeness (QED) is 0.827. The number of hydrogen-bond donors (Lipinski definition) is 2. The molecular formula is C16H26N2O. The second kappa shape index (κ2) is 5.93. The maximum Gasteiger partial charge on any atom is 0.119 e. The van der Waals surface area contributed by atoms with Crippen molar-refractivity contribution in [2.24, 2.45) is 11.7 Å². The summed E-state index contributed by atoms with van der Waals surface area (Å²) < 4.78 is 5.30. The minimum Gasteiger partial charge on any atom is -0.497 e. The first-order valence-electron chi connectivity index (χ1n) is 7.12. The average molecular weight is 262 g/mol. The molecular weight excluding hydrogens is 236 g/mol. The van der Waals surface area contributed by atoms with Crippen LogP contribution in [0.1, 0.15) is 32.3 Å². The molecule has 2 rings (SSSR count). The summed E-state index contributed by atoms with van der Waals surface area (Å²) in [5.41, 5.74) is 7.23. The van der Waals surface area contributed by atoms with Gasteiger partial charge in [0.25, 0.3) is 0 Å². The molecule has 1 aliphatic rings. The van der Waals surface area contributed by atoms with E-state index in [1.807, 2.05) is 6.07 Å². The third kappa shape index (κ3) is 3.71. The molecule has 0 atom stereocenters. The number of hydrogen-bond acceptors (Lipinski definition) is 3. The van der Waals surface area contributed by atoms with Crippen LogP contribution in [0.2, 0.25) is 0 Å². The van der Waals surface area contributed by atoms with Crippen molar-refractivity contribution in [2.75, 3.05) is 20.2 Å². The molecule has 0 bridgehead atoms. The van der Waals surface area contributed by atoms with Crippen molar-refractivity contribution in [3.63, 3.8) is 0 Å². The lowest BCUT2D eigenvalue weighted by molar-refractivity contribution is 0.251. The first kappa shape index (κ1) is 14.4. The lowest BCUT2D eigenvalue weighted by Gasteiger charge is -2.34. The maximum atomic E-state index is 5.81. The SMILES string of the molecule is COc1cccc(C(C)(C)CNCC2CC(N)C2)c1. The average Bonchev–Trinajstić information content (AvgIpc) is 2.36. The van der Waals surface area contributed by atoms with Crippen molar-refractivity contribution in [2.45, 2.75) is 38.1 Å². The fraction of sp³-hybridized carbons (Fsp3) is 0.625. The van der Waals surface area contributed by atoms with Gasteiger partial charge in [0, 0.05) is 18.0 Å². The number of rotatable bonds is 6. The van der Waals surface area contributed by atoms with Crippen LogP contribution in [0, 0.1) is 5.92 Å². The highest BCUT2D eigenvalue weighted by Gasteiger charge is 2.26. The van der Waals surface area contributed by atoms with Crippen molar-refractivity contribution in [1.82, 2.24) is 5.32 Å². The summed E-state index contributed by atoms with van der Waals surface area (Å²) in [5.74, 6) is 1.70. The highest BCUT2D eigenvalue weighted by Crippen LogP contribution is 2.27. The van der Waals surface area contributed by atoms with E-state index in [4.69, 9.17) is 10.5 Å². The van der Waals surface area contributed by atoms with Gasteiger partial charge in [0.05, 0.1) is 7.11 Å². The van der Waals surface area contributed by atoms with Gasteiger partial charge in [-0.3, -0.25) is 0 Å². The molecule has 106 valence electrons. The number of nitrogens with one attached hydrogen (secondary N) is 1. The molecule has 0 spiro atoms. The van der Waals surface area contributed by atoms with Gasteiger partial charge < -0.3 is 15.8 Å². The van der Waals surface area contributed by atoms with Crippen LogP contribution >= 0.6 is 0 Å². The van der Waals surface area contributed by atoms with E-state index >= 15 is 0 Å². The Labute approximate surface area is 116 Å². The monoisotopic (exact) mass is 262 g/mol. The van der Waals surface area contributed by atoms with Gasteiger partial charge in [-0.05, 0) is 43.0 Å². The van der Waals surface area contributed by atoms with Crippen molar-refractivity contribution in [3.8, 4) is 5.75 Å². The Bertz CT molecular complexity index is 411. The van der Waals surface area contributed by atoms with Crippen molar-refractivity contribution in [1.29, 1.82) is 0 Å². The molecule has 0 aliphatic heterocycles. The molecule has 0 saturated heterocycles. The smallest absolute Gasteiger partial charge is 0.119 e. The van der Waals surface area contributed by atoms with Gasteiger partial charge in [-0.1, -0.05) is 26.0 Å². The minimum atomic E-state index is 0.112. The Kier molecular flexibility index (Phi) is 4.48. The number of ether oxygens (including phenoxy) is 1. The van der Waals surface area contributed by atoms with Crippen LogP contribution in [0.4, 0.5) is 0 Å². The summed E-state index contributed by atoms with van der Waals surface area (Å²) in [6.45, 7) is 6.59. The van der Waals surface area contributed by atoms with Gasteiger partial charge in [-0.25, -0.2) is 0 Å². The van der Waals surface area contributed by atoms with Gasteiger partial charge in [-0.2, -0.15) is 0 Å². The highest BCUT2D eigenvalue weighted by atomic mass is 16.5. The zero-order chi connectivity index (χ0) is 13.9. The summed E-state index contributed by atoms with van der Waals surface area (Å²) in [5, 5.41) is 3.59. The Morgan fingerprint density at radius 2 is 2.11 bits per heavy atom. The van der Waals surface area contributed by atoms with Gasteiger partial charge in [0.2, 0.25) is 0 Å². The third-order valence-corrected chi connectivity index (χ3v) is 4.12. The van der Waals surface area contributed by atoms with Crippen LogP contribution in [0.15, 0.2) is 24.3 Å². The first-order chi connectivity index (χ1) is 9.01. The van der Waals surface area contributed by atoms with Crippen molar-refractivity contribution < 1.29 is 4.74 Å². The van der Waals surface area contributed by atoms with Crippen LogP contribution in [0.3, 0.4) is 0 Å². The van der Waals surface area contributed by atoms with E-state index in [0.717, 1.165) is 24.8 Å². The molecule has 0 amide bonds. The normalized spacial score (nSPS) is 22.9. The predicted octanol–water partition coefficient (Wildman–Crippen LogP) is 2.30. The summed E-state index contributed by atoms with van der Waals surface area (Å²) in [7, 11) is 1.71. The number of nitrogens with two attached hydrogens (primary N) is 1. The molecule has 1 aromatic rings. The molecule has 0 radical (unpaired) electrons. The largest absolute Gasteiger partial charge is 0.497 e. The summed E-state index contributed by atoms with van der Waals surface area (Å²) in [6.07, 6.45) is 2.35. The Hall–Kier alpha value is -1.06. The molecule has 1 aromatic carbocycles. The second-order valence-corrected chi connectivity index (χ2v) is 6.34. The zero-order valence-electron chi connectivity index (χ0n) is 12.3. The van der Waals surface area contributed by atoms with Gasteiger partial charge >= 0.3 is 0 Å². The molecule has 0 aromatic heterocycles. The van der Waals surface area contributed by atoms with Gasteiger partial charge in [0.15, 0.2) is 0 Å². The second-order valence-electron chi connectivity index (χ2n) is 6.34. The minimum absolute atomic E-state index is 0.112. The van der Waals surface area contributed by atoms with Crippen LogP contribution in [0.5, 0.6) is 5.75 Å². The van der Waals surface area contributed by atoms with Gasteiger partial charge in [-0.15, -0.1) is 0 Å². The molecule has 0 unspecified atom stereocenters. The molecule has 3 N–H and O–H groups in total. The molecule has 1 aliphatic carbocycles. The molecule has 3 nitrogen and oxygen atoms in total. The van der Waals surface area contributed by atoms with E-state index in [9.17, 15) is 0 Å². The molecule has 1 fully saturated rings. The topological polar surface area (TPSA) is 47.3 Å². The number of methoxy groups -OCH3 is 1. The standard InChI is InChI=1S/C16H26N2O/c1-16(2,11-18-10-12-7-14(17)8-12)13-5-4-6-15(9-13)19-3/h4-6,9,12,14,18H,7-8,10-11,17H2,1-3H3. The van der Waals surface area contributed by atoms with Crippen LogP contribution in [0.25, 0.3) is 0 Å². The van der Waals surface area contributed by atoms with E-state index in [1.54, 1.807) is 7.11 Å². The molecule has 0 heterocycles. The van der Waals surface area contributed by atoms with Crippen molar-refractivity contribution >= 4 is 0 Å². The van der Waals surface area contributed by atoms with E-state index in [0.29, 0.717) is 6.04 Å². The Morgan fingerprint density at radius 1 is 1.37 bits per heavy atom. The van der Waals surface area contributed by atoms with E-state index in [-0.39, 0.29) is 5.41 Å². The maximum absolute atomic E-state index is 5.81. The van der Waals surface area contributed by atoms with Crippen LogP contribution in [-0.4, -0.2) is 26.2 Å². The first-order valence-corrected chi connectivity index (χ1v) is 7.12. The van der Waals surface area contributed by atoms with Crippen molar-refractivity contribution in [3.05, 3.63) is 29.8 Å². The molecule has 19 heavy (non-hydrogen) atoms. The molecule has 1 saturated carbocycles. The Morgan fingerprint density at radius 3 is 2.74 bits per heavy atom. The zero-order valence-corrected chi connectivity index (χ0v) is 12.3.